The van der Waals surface area contributed by atoms with Crippen molar-refractivity contribution in [1.82, 2.24) is 5.73 Å². The van der Waals surface area contributed by atoms with Gasteiger partial charge in [0.2, 0.25) is 0 Å². The van der Waals surface area contributed by atoms with Crippen molar-refractivity contribution >= 4 is 17.6 Å². The summed E-state index contributed by atoms with van der Waals surface area (Å²) in [7, 11) is 0. The van der Waals surface area contributed by atoms with Crippen molar-refractivity contribution < 1.29 is 9.18 Å². The van der Waals surface area contributed by atoms with E-state index in [0.717, 1.165) is 33.4 Å². The van der Waals surface area contributed by atoms with Gasteiger partial charge in [0, 0.05) is 5.57 Å². The number of carbonyl (C=O) groups is 1. The lowest BCUT2D eigenvalue weighted by atomic mass is 9.82. The van der Waals surface area contributed by atoms with Crippen LogP contribution in [0, 0.1) is 5.82 Å². The Morgan fingerprint density at radius 2 is 2.05 bits per heavy atom. The molecule has 2 aliphatic carbocycles. The highest BCUT2D eigenvalue weighted by Crippen LogP contribution is 2.41. The van der Waals surface area contributed by atoms with Crippen LogP contribution in [0.5, 0.6) is 0 Å². The maximum Gasteiger partial charge on any atom is 0.269 e. The minimum Gasteiger partial charge on any atom is -0.267 e. The summed E-state index contributed by atoms with van der Waals surface area (Å²) in [6.45, 7) is 7.91. The van der Waals surface area contributed by atoms with Crippen molar-refractivity contribution in [2.75, 3.05) is 0 Å². The molecule has 0 bridgehead atoms. The molecule has 2 nitrogen and oxygen atoms in total. The molecule has 3 rings (SSSR count). The Bertz CT molecular complexity index is 809. The van der Waals surface area contributed by atoms with E-state index in [1.54, 1.807) is 12.1 Å². The molecule has 0 aromatic heterocycles. The average molecular weight is 294 g/mol. The molecule has 0 fully saturated rings. The maximum atomic E-state index is 14.0. The van der Waals surface area contributed by atoms with Crippen LogP contribution in [-0.2, 0) is 11.2 Å². The lowest BCUT2D eigenvalue weighted by molar-refractivity contribution is -0.114. The quantitative estimate of drug-likeness (QED) is 0.803. The van der Waals surface area contributed by atoms with Crippen LogP contribution in [0.4, 0.5) is 4.39 Å². The number of halogens is 1. The summed E-state index contributed by atoms with van der Waals surface area (Å²) in [4.78, 5) is 11.5. The van der Waals surface area contributed by atoms with E-state index >= 15 is 0 Å². The van der Waals surface area contributed by atoms with E-state index < -0.39 is 5.91 Å². The third-order valence-electron chi connectivity index (χ3n) is 4.35. The molecule has 0 aliphatic heterocycles. The number of rotatable bonds is 2. The van der Waals surface area contributed by atoms with Gasteiger partial charge in [-0.15, -0.1) is 0 Å². The summed E-state index contributed by atoms with van der Waals surface area (Å²) >= 11 is 0. The van der Waals surface area contributed by atoms with Crippen LogP contribution in [0.3, 0.4) is 0 Å². The lowest BCUT2D eigenvalue weighted by Crippen LogP contribution is -2.11. The Hall–Kier alpha value is -2.42. The molecular formula is C19H17FNO. The van der Waals surface area contributed by atoms with Gasteiger partial charge in [-0.1, -0.05) is 30.4 Å². The maximum absolute atomic E-state index is 14.0. The van der Waals surface area contributed by atoms with E-state index in [-0.39, 0.29) is 5.82 Å². The third kappa shape index (κ3) is 2.13. The van der Waals surface area contributed by atoms with Crippen molar-refractivity contribution in [3.8, 4) is 0 Å². The van der Waals surface area contributed by atoms with Gasteiger partial charge >= 0.3 is 0 Å². The summed E-state index contributed by atoms with van der Waals surface area (Å²) < 4.78 is 14.0. The Morgan fingerprint density at radius 3 is 2.73 bits per heavy atom. The molecule has 22 heavy (non-hydrogen) atoms. The molecule has 0 saturated carbocycles. The molecule has 1 radical (unpaired) electrons. The number of nitrogens with one attached hydrogen (secondary N) is 1. The average Bonchev–Trinajstić information content (AvgIpc) is 2.83. The minimum atomic E-state index is -0.687. The van der Waals surface area contributed by atoms with Gasteiger partial charge in [0.05, 0.1) is 0 Å². The van der Waals surface area contributed by atoms with Crippen molar-refractivity contribution in [3.63, 3.8) is 0 Å². The number of hydrogen-bond acceptors (Lipinski definition) is 1. The van der Waals surface area contributed by atoms with Gasteiger partial charge in [0.25, 0.3) is 5.91 Å². The standard InChI is InChI=1S/C19H17FNO/c1-10-8-15-14(6-7-17(20)16(15)9-10)18-11(2)4-5-13(12(18)3)19(21)22/h5-8,21H,2,4,9H2,1,3H3. The van der Waals surface area contributed by atoms with Crippen molar-refractivity contribution in [2.45, 2.75) is 26.7 Å². The number of allylic oxidation sites excluding steroid dienone is 4. The second kappa shape index (κ2) is 5.09. The van der Waals surface area contributed by atoms with Crippen molar-refractivity contribution in [2.24, 2.45) is 0 Å². The van der Waals surface area contributed by atoms with Gasteiger partial charge in [0.1, 0.15) is 5.82 Å². The van der Waals surface area contributed by atoms with Crippen LogP contribution in [-0.4, -0.2) is 5.91 Å². The third-order valence-corrected chi connectivity index (χ3v) is 4.35. The number of amides is 1. The first kappa shape index (κ1) is 14.5. The van der Waals surface area contributed by atoms with Gasteiger partial charge in [-0.3, -0.25) is 10.5 Å². The van der Waals surface area contributed by atoms with Gasteiger partial charge < -0.3 is 0 Å². The first-order chi connectivity index (χ1) is 10.4. The molecule has 3 heteroatoms. The van der Waals surface area contributed by atoms with E-state index in [1.165, 1.54) is 6.07 Å². The van der Waals surface area contributed by atoms with Crippen LogP contribution in [0.25, 0.3) is 11.6 Å². The van der Waals surface area contributed by atoms with Crippen LogP contribution < -0.4 is 5.73 Å². The zero-order valence-electron chi connectivity index (χ0n) is 12.7. The Kier molecular flexibility index (Phi) is 3.36. The smallest absolute Gasteiger partial charge is 0.267 e. The zero-order chi connectivity index (χ0) is 16.0. The van der Waals surface area contributed by atoms with Crippen molar-refractivity contribution in [3.05, 3.63) is 69.6 Å². The first-order valence-electron chi connectivity index (χ1n) is 7.24. The zero-order valence-corrected chi connectivity index (χ0v) is 12.7. The van der Waals surface area contributed by atoms with Gasteiger partial charge in [-0.2, -0.15) is 0 Å². The molecule has 2 aliphatic rings. The fourth-order valence-electron chi connectivity index (χ4n) is 3.31. The van der Waals surface area contributed by atoms with Crippen molar-refractivity contribution in [1.29, 1.82) is 0 Å². The fraction of sp³-hybridized carbons (Fsp3) is 0.211. The molecule has 1 N–H and O–H groups in total. The monoisotopic (exact) mass is 294 g/mol. The van der Waals surface area contributed by atoms with E-state index in [2.05, 4.69) is 6.58 Å². The van der Waals surface area contributed by atoms with Gasteiger partial charge in [-0.25, -0.2) is 4.39 Å². The van der Waals surface area contributed by atoms with Crippen LogP contribution in [0.1, 0.15) is 37.0 Å². The normalized spacial score (nSPS) is 17.3. The molecule has 0 spiro atoms. The predicted molar refractivity (Wildman–Crippen MR) is 86.3 cm³/mol. The molecular weight excluding hydrogens is 277 g/mol. The highest BCUT2D eigenvalue weighted by Gasteiger charge is 2.25. The van der Waals surface area contributed by atoms with Gasteiger partial charge in [0.15, 0.2) is 0 Å². The lowest BCUT2D eigenvalue weighted by Gasteiger charge is -2.22. The summed E-state index contributed by atoms with van der Waals surface area (Å²) in [5.41, 5.74) is 13.9. The molecule has 1 amide bonds. The van der Waals surface area contributed by atoms with E-state index in [1.807, 2.05) is 19.9 Å². The fourth-order valence-corrected chi connectivity index (χ4v) is 3.31. The molecule has 0 atom stereocenters. The first-order valence-corrected chi connectivity index (χ1v) is 7.24. The highest BCUT2D eigenvalue weighted by atomic mass is 19.1. The summed E-state index contributed by atoms with van der Waals surface area (Å²) in [6.07, 6.45) is 4.92. The largest absolute Gasteiger partial charge is 0.269 e. The topological polar surface area (TPSA) is 40.9 Å². The molecule has 111 valence electrons. The summed E-state index contributed by atoms with van der Waals surface area (Å²) in [5, 5.41) is 0. The minimum absolute atomic E-state index is 0.196. The summed E-state index contributed by atoms with van der Waals surface area (Å²) in [6, 6.07) is 3.24. The molecule has 1 aromatic carbocycles. The Labute approximate surface area is 129 Å². The summed E-state index contributed by atoms with van der Waals surface area (Å²) in [5.74, 6) is -0.883. The van der Waals surface area contributed by atoms with E-state index in [9.17, 15) is 9.18 Å². The van der Waals surface area contributed by atoms with Crippen LogP contribution in [0.2, 0.25) is 0 Å². The number of carbonyl (C=O) groups excluding carboxylic acids is 1. The number of benzene rings is 1. The highest BCUT2D eigenvalue weighted by molar-refractivity contribution is 6.02. The number of fused-ring (bicyclic) bond motifs is 1. The van der Waals surface area contributed by atoms with E-state index in [0.29, 0.717) is 24.0 Å². The van der Waals surface area contributed by atoms with Crippen LogP contribution >= 0.6 is 0 Å². The van der Waals surface area contributed by atoms with Gasteiger partial charge in [-0.05, 0) is 66.2 Å². The second-order valence-electron chi connectivity index (χ2n) is 5.91. The second-order valence-corrected chi connectivity index (χ2v) is 5.91. The Morgan fingerprint density at radius 1 is 1.32 bits per heavy atom. The Balaban J connectivity index is 2.26. The molecule has 0 unspecified atom stereocenters. The molecule has 0 heterocycles. The van der Waals surface area contributed by atoms with E-state index in [4.69, 9.17) is 5.73 Å². The number of hydrogen-bond donors (Lipinski definition) is 0. The predicted octanol–water partition coefficient (Wildman–Crippen LogP) is 4.25. The SMILES string of the molecule is C=C1CC=C(C([NH])=O)C(C)=C1c1ccc(F)c2c1C=C(C)C2. The molecule has 1 aromatic rings. The molecule has 0 saturated heterocycles. The van der Waals surface area contributed by atoms with Crippen LogP contribution in [0.15, 0.2) is 47.1 Å².